The second-order valence-corrected chi connectivity index (χ2v) is 3.94. The highest BCUT2D eigenvalue weighted by Crippen LogP contribution is 2.18. The SMILES string of the molecule is [CH]c1cccc(OCC2CCOCC2)c1. The number of hydrogen-bond acceptors (Lipinski definition) is 2. The summed E-state index contributed by atoms with van der Waals surface area (Å²) in [6.45, 7) is 8.17. The Morgan fingerprint density at radius 2 is 2.13 bits per heavy atom. The topological polar surface area (TPSA) is 18.5 Å². The van der Waals surface area contributed by atoms with Gasteiger partial charge in [0.05, 0.1) is 6.61 Å². The summed E-state index contributed by atoms with van der Waals surface area (Å²) in [4.78, 5) is 0. The monoisotopic (exact) mass is 204 g/mol. The number of hydrogen-bond donors (Lipinski definition) is 0. The largest absolute Gasteiger partial charge is 0.493 e. The first-order valence-electron chi connectivity index (χ1n) is 5.40. The molecule has 1 aliphatic rings. The van der Waals surface area contributed by atoms with Crippen LogP contribution in [0.25, 0.3) is 0 Å². The second kappa shape index (κ2) is 5.17. The summed E-state index contributed by atoms with van der Waals surface area (Å²) in [6.07, 6.45) is 2.20. The predicted octanol–water partition coefficient (Wildman–Crippen LogP) is 2.55. The normalized spacial score (nSPS) is 17.7. The highest BCUT2D eigenvalue weighted by atomic mass is 16.5. The van der Waals surface area contributed by atoms with Crippen LogP contribution in [0, 0.1) is 12.8 Å². The molecule has 0 aliphatic carbocycles. The molecule has 80 valence electrons. The summed E-state index contributed by atoms with van der Waals surface area (Å²) in [6, 6.07) is 7.57. The van der Waals surface area contributed by atoms with Crippen molar-refractivity contribution in [2.45, 2.75) is 12.8 Å². The average Bonchev–Trinajstić information content (AvgIpc) is 2.28. The summed E-state index contributed by atoms with van der Waals surface area (Å²) in [5.74, 6) is 1.49. The summed E-state index contributed by atoms with van der Waals surface area (Å²) >= 11 is 0. The van der Waals surface area contributed by atoms with E-state index in [1.165, 1.54) is 0 Å². The van der Waals surface area contributed by atoms with Crippen LogP contribution in [0.1, 0.15) is 18.4 Å². The molecule has 2 nitrogen and oxygen atoms in total. The highest BCUT2D eigenvalue weighted by molar-refractivity contribution is 5.29. The molecule has 1 aliphatic heterocycles. The summed E-state index contributed by atoms with van der Waals surface area (Å²) in [5.41, 5.74) is 0.750. The lowest BCUT2D eigenvalue weighted by atomic mass is 10.0. The Hall–Kier alpha value is -1.02. The van der Waals surface area contributed by atoms with Gasteiger partial charge in [0.2, 0.25) is 0 Å². The quantitative estimate of drug-likeness (QED) is 0.753. The van der Waals surface area contributed by atoms with Gasteiger partial charge in [0.25, 0.3) is 0 Å². The molecular formula is C13H16O2. The van der Waals surface area contributed by atoms with E-state index in [0.29, 0.717) is 5.92 Å². The van der Waals surface area contributed by atoms with Crippen molar-refractivity contribution < 1.29 is 9.47 Å². The Morgan fingerprint density at radius 1 is 1.33 bits per heavy atom. The van der Waals surface area contributed by atoms with E-state index < -0.39 is 0 Å². The Morgan fingerprint density at radius 3 is 2.87 bits per heavy atom. The predicted molar refractivity (Wildman–Crippen MR) is 58.9 cm³/mol. The molecule has 1 aromatic rings. The van der Waals surface area contributed by atoms with Gasteiger partial charge in [-0.05, 0) is 43.4 Å². The van der Waals surface area contributed by atoms with Crippen LogP contribution < -0.4 is 4.74 Å². The number of benzene rings is 1. The molecule has 15 heavy (non-hydrogen) atoms. The zero-order valence-electron chi connectivity index (χ0n) is 8.82. The number of ether oxygens (including phenoxy) is 2. The fourth-order valence-corrected chi connectivity index (χ4v) is 1.73. The van der Waals surface area contributed by atoms with Crippen LogP contribution in [0.15, 0.2) is 24.3 Å². The van der Waals surface area contributed by atoms with Gasteiger partial charge in [-0.15, -0.1) is 0 Å². The van der Waals surface area contributed by atoms with Gasteiger partial charge in [-0.1, -0.05) is 12.1 Å². The third-order valence-corrected chi connectivity index (χ3v) is 2.68. The molecule has 0 unspecified atom stereocenters. The molecule has 1 fully saturated rings. The molecule has 0 aromatic heterocycles. The van der Waals surface area contributed by atoms with Gasteiger partial charge in [0, 0.05) is 13.2 Å². The maximum atomic E-state index is 5.69. The first-order valence-corrected chi connectivity index (χ1v) is 5.40. The van der Waals surface area contributed by atoms with Crippen LogP contribution in [0.2, 0.25) is 0 Å². The van der Waals surface area contributed by atoms with Crippen LogP contribution >= 0.6 is 0 Å². The van der Waals surface area contributed by atoms with E-state index in [1.807, 2.05) is 24.3 Å². The van der Waals surface area contributed by atoms with Gasteiger partial charge in [-0.3, -0.25) is 0 Å². The van der Waals surface area contributed by atoms with Crippen molar-refractivity contribution in [1.82, 2.24) is 0 Å². The molecular weight excluding hydrogens is 188 g/mol. The molecule has 0 amide bonds. The summed E-state index contributed by atoms with van der Waals surface area (Å²) in [7, 11) is 0. The molecule has 0 atom stereocenters. The molecule has 1 heterocycles. The van der Waals surface area contributed by atoms with Gasteiger partial charge in [0.15, 0.2) is 0 Å². The van der Waals surface area contributed by atoms with Gasteiger partial charge in [-0.2, -0.15) is 0 Å². The van der Waals surface area contributed by atoms with Crippen LogP contribution in [-0.4, -0.2) is 19.8 Å². The Labute approximate surface area is 91.2 Å². The van der Waals surface area contributed by atoms with Crippen molar-refractivity contribution in [3.05, 3.63) is 36.8 Å². The maximum absolute atomic E-state index is 5.69. The van der Waals surface area contributed by atoms with Crippen LogP contribution in [0.4, 0.5) is 0 Å². The molecule has 1 aromatic carbocycles. The van der Waals surface area contributed by atoms with Crippen molar-refractivity contribution in [2.75, 3.05) is 19.8 Å². The zero-order chi connectivity index (χ0) is 10.5. The van der Waals surface area contributed by atoms with Crippen molar-refractivity contribution in [2.24, 2.45) is 5.92 Å². The van der Waals surface area contributed by atoms with Crippen LogP contribution in [-0.2, 0) is 4.74 Å². The van der Waals surface area contributed by atoms with E-state index in [4.69, 9.17) is 16.4 Å². The second-order valence-electron chi connectivity index (χ2n) is 3.94. The molecule has 0 saturated carbocycles. The minimum absolute atomic E-state index is 0.625. The standard InChI is InChI=1S/C13H16O2/c1-11-3-2-4-13(9-11)15-10-12-5-7-14-8-6-12/h1-4,9,12H,5-8,10H2. The molecule has 1 saturated heterocycles. The van der Waals surface area contributed by atoms with Crippen molar-refractivity contribution in [3.8, 4) is 5.75 Å². The average molecular weight is 204 g/mol. The maximum Gasteiger partial charge on any atom is 0.119 e. The minimum atomic E-state index is 0.625. The molecule has 0 N–H and O–H groups in total. The lowest BCUT2D eigenvalue weighted by Crippen LogP contribution is -2.21. The zero-order valence-corrected chi connectivity index (χ0v) is 8.82. The number of rotatable bonds is 3. The summed E-state index contributed by atoms with van der Waals surface area (Å²) in [5, 5.41) is 0. The van der Waals surface area contributed by atoms with E-state index in [0.717, 1.165) is 44.0 Å². The van der Waals surface area contributed by atoms with E-state index in [-0.39, 0.29) is 0 Å². The van der Waals surface area contributed by atoms with Gasteiger partial charge >= 0.3 is 0 Å². The van der Waals surface area contributed by atoms with E-state index in [9.17, 15) is 0 Å². The molecule has 2 radical (unpaired) electrons. The summed E-state index contributed by atoms with van der Waals surface area (Å²) < 4.78 is 11.0. The molecule has 2 heteroatoms. The fourth-order valence-electron chi connectivity index (χ4n) is 1.73. The van der Waals surface area contributed by atoms with E-state index in [1.54, 1.807) is 0 Å². The highest BCUT2D eigenvalue weighted by Gasteiger charge is 2.14. The Bertz CT molecular complexity index is 303. The lowest BCUT2D eigenvalue weighted by molar-refractivity contribution is 0.0497. The molecule has 0 bridgehead atoms. The fraction of sp³-hybridized carbons (Fsp3) is 0.462. The van der Waals surface area contributed by atoms with Crippen molar-refractivity contribution >= 4 is 0 Å². The van der Waals surface area contributed by atoms with Crippen LogP contribution in [0.5, 0.6) is 5.75 Å². The molecule has 0 spiro atoms. The van der Waals surface area contributed by atoms with Crippen molar-refractivity contribution in [1.29, 1.82) is 0 Å². The van der Waals surface area contributed by atoms with E-state index >= 15 is 0 Å². The van der Waals surface area contributed by atoms with Crippen molar-refractivity contribution in [3.63, 3.8) is 0 Å². The van der Waals surface area contributed by atoms with E-state index in [2.05, 4.69) is 0 Å². The smallest absolute Gasteiger partial charge is 0.119 e. The van der Waals surface area contributed by atoms with Gasteiger partial charge in [-0.25, -0.2) is 0 Å². The first-order chi connectivity index (χ1) is 7.34. The minimum Gasteiger partial charge on any atom is -0.493 e. The van der Waals surface area contributed by atoms with Crippen LogP contribution in [0.3, 0.4) is 0 Å². The van der Waals surface area contributed by atoms with Gasteiger partial charge in [0.1, 0.15) is 5.75 Å². The Balaban J connectivity index is 1.81. The van der Waals surface area contributed by atoms with Gasteiger partial charge < -0.3 is 9.47 Å². The first kappa shape index (κ1) is 10.5. The Kier molecular flexibility index (Phi) is 3.62. The third-order valence-electron chi connectivity index (χ3n) is 2.68. The lowest BCUT2D eigenvalue weighted by Gasteiger charge is -2.22. The molecule has 2 rings (SSSR count). The third kappa shape index (κ3) is 3.24.